The maximum atomic E-state index is 12.4. The summed E-state index contributed by atoms with van der Waals surface area (Å²) in [6.07, 6.45) is 5.65. The molecule has 4 nitrogen and oxygen atoms in total. The number of nitrogens with one attached hydrogen (secondary N) is 1. The highest BCUT2D eigenvalue weighted by molar-refractivity contribution is 6.30. The molecular weight excluding hydrogens is 276 g/mol. The Balaban J connectivity index is 1.72. The molecule has 2 atom stereocenters. The highest BCUT2D eigenvalue weighted by Gasteiger charge is 2.43. The summed E-state index contributed by atoms with van der Waals surface area (Å²) in [5.74, 6) is 1.20. The SMILES string of the molecule is CCc1cc(Cl)cnc1NC(=O)[C@@H]1CCO[C@H]1C1CC1. The van der Waals surface area contributed by atoms with Crippen LogP contribution in [0.2, 0.25) is 5.02 Å². The first kappa shape index (κ1) is 13.8. The van der Waals surface area contributed by atoms with Crippen molar-refractivity contribution in [2.24, 2.45) is 11.8 Å². The van der Waals surface area contributed by atoms with Gasteiger partial charge in [-0.3, -0.25) is 4.79 Å². The molecule has 1 amide bonds. The van der Waals surface area contributed by atoms with Crippen molar-refractivity contribution in [1.29, 1.82) is 0 Å². The van der Waals surface area contributed by atoms with Crippen LogP contribution >= 0.6 is 11.6 Å². The molecule has 5 heteroatoms. The Labute approximate surface area is 123 Å². The Morgan fingerprint density at radius 3 is 3.00 bits per heavy atom. The number of nitrogens with zero attached hydrogens (tertiary/aromatic N) is 1. The van der Waals surface area contributed by atoms with Crippen molar-refractivity contribution < 1.29 is 9.53 Å². The molecule has 20 heavy (non-hydrogen) atoms. The second-order valence-electron chi connectivity index (χ2n) is 5.57. The smallest absolute Gasteiger partial charge is 0.231 e. The molecule has 0 unspecified atom stereocenters. The zero-order valence-corrected chi connectivity index (χ0v) is 12.3. The van der Waals surface area contributed by atoms with Crippen molar-refractivity contribution in [2.45, 2.75) is 38.7 Å². The number of ether oxygens (including phenoxy) is 1. The second-order valence-corrected chi connectivity index (χ2v) is 6.01. The monoisotopic (exact) mass is 294 g/mol. The van der Waals surface area contributed by atoms with Gasteiger partial charge >= 0.3 is 0 Å². The molecule has 108 valence electrons. The zero-order chi connectivity index (χ0) is 14.1. The van der Waals surface area contributed by atoms with Gasteiger partial charge in [-0.15, -0.1) is 0 Å². The van der Waals surface area contributed by atoms with Crippen molar-refractivity contribution in [3.05, 3.63) is 22.8 Å². The Morgan fingerprint density at radius 1 is 1.50 bits per heavy atom. The van der Waals surface area contributed by atoms with E-state index in [2.05, 4.69) is 10.3 Å². The number of aryl methyl sites for hydroxylation is 1. The largest absolute Gasteiger partial charge is 0.377 e. The molecule has 1 aromatic rings. The summed E-state index contributed by atoms with van der Waals surface area (Å²) in [6, 6.07) is 1.85. The topological polar surface area (TPSA) is 51.2 Å². The van der Waals surface area contributed by atoms with Gasteiger partial charge < -0.3 is 10.1 Å². The number of carbonyl (C=O) groups is 1. The Morgan fingerprint density at radius 2 is 2.30 bits per heavy atom. The summed E-state index contributed by atoms with van der Waals surface area (Å²) in [4.78, 5) is 16.7. The number of rotatable bonds is 4. The van der Waals surface area contributed by atoms with E-state index >= 15 is 0 Å². The van der Waals surface area contributed by atoms with Crippen LogP contribution in [0, 0.1) is 11.8 Å². The fraction of sp³-hybridized carbons (Fsp3) is 0.600. The van der Waals surface area contributed by atoms with E-state index in [9.17, 15) is 4.79 Å². The molecule has 2 aliphatic rings. The molecule has 1 saturated carbocycles. The van der Waals surface area contributed by atoms with Gasteiger partial charge in [-0.05, 0) is 43.2 Å². The van der Waals surface area contributed by atoms with E-state index < -0.39 is 0 Å². The second kappa shape index (κ2) is 5.70. The van der Waals surface area contributed by atoms with Gasteiger partial charge in [-0.1, -0.05) is 18.5 Å². The van der Waals surface area contributed by atoms with E-state index in [1.165, 1.54) is 12.8 Å². The summed E-state index contributed by atoms with van der Waals surface area (Å²) < 4.78 is 5.72. The van der Waals surface area contributed by atoms with Gasteiger partial charge in [0.15, 0.2) is 0 Å². The van der Waals surface area contributed by atoms with Gasteiger partial charge in [-0.2, -0.15) is 0 Å². The number of aromatic nitrogens is 1. The van der Waals surface area contributed by atoms with Gasteiger partial charge in [0.1, 0.15) is 5.82 Å². The zero-order valence-electron chi connectivity index (χ0n) is 11.6. The lowest BCUT2D eigenvalue weighted by atomic mass is 9.97. The van der Waals surface area contributed by atoms with Gasteiger partial charge in [-0.25, -0.2) is 4.98 Å². The number of hydrogen-bond acceptors (Lipinski definition) is 3. The molecule has 1 aliphatic heterocycles. The van der Waals surface area contributed by atoms with Gasteiger partial charge in [0, 0.05) is 12.8 Å². The summed E-state index contributed by atoms with van der Waals surface area (Å²) in [7, 11) is 0. The van der Waals surface area contributed by atoms with Crippen LogP contribution in [-0.4, -0.2) is 23.6 Å². The van der Waals surface area contributed by atoms with Crippen molar-refractivity contribution in [2.75, 3.05) is 11.9 Å². The maximum Gasteiger partial charge on any atom is 0.231 e. The average Bonchev–Trinajstić information content (AvgIpc) is 3.17. The van der Waals surface area contributed by atoms with Crippen LogP contribution in [0.3, 0.4) is 0 Å². The fourth-order valence-electron chi connectivity index (χ4n) is 2.85. The van der Waals surface area contributed by atoms with E-state index in [0.29, 0.717) is 23.4 Å². The minimum Gasteiger partial charge on any atom is -0.377 e. The Hall–Kier alpha value is -1.13. The molecule has 0 radical (unpaired) electrons. The first-order chi connectivity index (χ1) is 9.69. The van der Waals surface area contributed by atoms with Crippen molar-refractivity contribution in [3.8, 4) is 0 Å². The van der Waals surface area contributed by atoms with Gasteiger partial charge in [0.25, 0.3) is 0 Å². The van der Waals surface area contributed by atoms with Crippen LogP contribution in [0.1, 0.15) is 31.7 Å². The van der Waals surface area contributed by atoms with Crippen molar-refractivity contribution in [3.63, 3.8) is 0 Å². The van der Waals surface area contributed by atoms with Gasteiger partial charge in [0.2, 0.25) is 5.91 Å². The fourth-order valence-corrected chi connectivity index (χ4v) is 3.03. The molecule has 0 spiro atoms. The quantitative estimate of drug-likeness (QED) is 0.928. The highest BCUT2D eigenvalue weighted by atomic mass is 35.5. The summed E-state index contributed by atoms with van der Waals surface area (Å²) >= 11 is 5.94. The van der Waals surface area contributed by atoms with E-state index in [0.717, 1.165) is 18.4 Å². The lowest BCUT2D eigenvalue weighted by Crippen LogP contribution is -2.31. The highest BCUT2D eigenvalue weighted by Crippen LogP contribution is 2.41. The molecule has 0 bridgehead atoms. The number of pyridine rings is 1. The molecule has 0 aromatic carbocycles. The summed E-state index contributed by atoms with van der Waals surface area (Å²) in [6.45, 7) is 2.71. The summed E-state index contributed by atoms with van der Waals surface area (Å²) in [5.41, 5.74) is 0.965. The third kappa shape index (κ3) is 2.81. The Kier molecular flexibility index (Phi) is 3.94. The van der Waals surface area contributed by atoms with E-state index in [-0.39, 0.29) is 17.9 Å². The van der Waals surface area contributed by atoms with Crippen LogP contribution in [0.15, 0.2) is 12.3 Å². The molecule has 1 N–H and O–H groups in total. The first-order valence-corrected chi connectivity index (χ1v) is 7.63. The van der Waals surface area contributed by atoms with E-state index in [1.807, 2.05) is 13.0 Å². The van der Waals surface area contributed by atoms with Crippen LogP contribution in [0.5, 0.6) is 0 Å². The predicted molar refractivity (Wildman–Crippen MR) is 77.8 cm³/mol. The predicted octanol–water partition coefficient (Wildman–Crippen LogP) is 3.05. The molecule has 2 fully saturated rings. The maximum absolute atomic E-state index is 12.4. The number of halogens is 1. The molecule has 3 rings (SSSR count). The number of hydrogen-bond donors (Lipinski definition) is 1. The standard InChI is InChI=1S/C15H19ClN2O2/c1-2-9-7-11(16)8-17-14(9)18-15(19)12-5-6-20-13(12)10-3-4-10/h7-8,10,12-13H,2-6H2,1H3,(H,17,18,19)/t12-,13+/m1/s1. The van der Waals surface area contributed by atoms with Crippen LogP contribution < -0.4 is 5.32 Å². The number of carbonyl (C=O) groups excluding carboxylic acids is 1. The molecular formula is C15H19ClN2O2. The van der Waals surface area contributed by atoms with Crippen LogP contribution in [0.25, 0.3) is 0 Å². The third-order valence-corrected chi connectivity index (χ3v) is 4.32. The normalized spacial score (nSPS) is 25.7. The summed E-state index contributed by atoms with van der Waals surface area (Å²) in [5, 5.41) is 3.55. The van der Waals surface area contributed by atoms with Gasteiger partial charge in [0.05, 0.1) is 17.0 Å². The van der Waals surface area contributed by atoms with Crippen molar-refractivity contribution >= 4 is 23.3 Å². The molecule has 1 aromatic heterocycles. The molecule has 1 saturated heterocycles. The molecule has 1 aliphatic carbocycles. The number of amides is 1. The minimum absolute atomic E-state index is 0.0314. The van der Waals surface area contributed by atoms with Crippen molar-refractivity contribution in [1.82, 2.24) is 4.98 Å². The Bertz CT molecular complexity index is 517. The van der Waals surface area contributed by atoms with E-state index in [1.54, 1.807) is 6.20 Å². The minimum atomic E-state index is -0.0373. The lowest BCUT2D eigenvalue weighted by Gasteiger charge is -2.18. The van der Waals surface area contributed by atoms with E-state index in [4.69, 9.17) is 16.3 Å². The van der Waals surface area contributed by atoms with Crippen LogP contribution in [-0.2, 0) is 16.0 Å². The van der Waals surface area contributed by atoms with Crippen LogP contribution in [0.4, 0.5) is 5.82 Å². The lowest BCUT2D eigenvalue weighted by molar-refractivity contribution is -0.121. The first-order valence-electron chi connectivity index (χ1n) is 7.26. The molecule has 2 heterocycles. The number of anilines is 1. The average molecular weight is 295 g/mol. The third-order valence-electron chi connectivity index (χ3n) is 4.11.